The number of likely N-dealkylation sites (tertiary alicyclic amines) is 1. The number of nitrogens with zero attached hydrogens (tertiary/aromatic N) is 1. The molecule has 2 aromatic rings. The smallest absolute Gasteiger partial charge is 0.307 e. The molecule has 0 aromatic heterocycles. The van der Waals surface area contributed by atoms with Gasteiger partial charge >= 0.3 is 5.97 Å². The number of benzene rings is 2. The number of rotatable bonds is 5. The Morgan fingerprint density at radius 3 is 2.46 bits per heavy atom. The van der Waals surface area contributed by atoms with Crippen molar-refractivity contribution < 1.29 is 14.7 Å². The van der Waals surface area contributed by atoms with Gasteiger partial charge in [0.1, 0.15) is 0 Å². The number of carboxylic acid groups (broad SMARTS) is 1. The highest BCUT2D eigenvalue weighted by molar-refractivity contribution is 5.87. The molecule has 0 aliphatic carbocycles. The van der Waals surface area contributed by atoms with E-state index in [2.05, 4.69) is 0 Å². The van der Waals surface area contributed by atoms with Crippen molar-refractivity contribution in [1.82, 2.24) is 4.90 Å². The summed E-state index contributed by atoms with van der Waals surface area (Å²) in [7, 11) is 0. The van der Waals surface area contributed by atoms with Crippen molar-refractivity contribution in [3.8, 4) is 0 Å². The zero-order chi connectivity index (χ0) is 16.9. The Morgan fingerprint density at radius 2 is 1.71 bits per heavy atom. The highest BCUT2D eigenvalue weighted by Crippen LogP contribution is 2.23. The molecule has 1 saturated heterocycles. The lowest BCUT2D eigenvalue weighted by Gasteiger charge is -2.27. The molecule has 3 rings (SSSR count). The molecule has 0 bridgehead atoms. The van der Waals surface area contributed by atoms with Crippen LogP contribution >= 0.6 is 0 Å². The molecular formula is C20H23NO3. The van der Waals surface area contributed by atoms with E-state index in [9.17, 15) is 14.7 Å². The molecule has 4 heteroatoms. The van der Waals surface area contributed by atoms with Crippen LogP contribution in [-0.2, 0) is 16.0 Å². The molecule has 0 saturated carbocycles. The lowest BCUT2D eigenvalue weighted by atomic mass is 9.92. The number of fused-ring (bicyclic) bond motifs is 1. The second-order valence-electron chi connectivity index (χ2n) is 6.52. The second kappa shape index (κ2) is 7.47. The van der Waals surface area contributed by atoms with Crippen molar-refractivity contribution in [2.75, 3.05) is 13.1 Å². The molecular weight excluding hydrogens is 302 g/mol. The van der Waals surface area contributed by atoms with Crippen molar-refractivity contribution >= 4 is 22.6 Å². The zero-order valence-corrected chi connectivity index (χ0v) is 13.8. The fourth-order valence-electron chi connectivity index (χ4n) is 3.47. The molecule has 1 amide bonds. The monoisotopic (exact) mass is 325 g/mol. The molecule has 1 fully saturated rings. The first-order valence-electron chi connectivity index (χ1n) is 8.62. The quantitative estimate of drug-likeness (QED) is 0.915. The number of hydrogen-bond acceptors (Lipinski definition) is 2. The normalized spacial score (nSPS) is 16.1. The van der Waals surface area contributed by atoms with E-state index in [1.165, 1.54) is 0 Å². The molecule has 1 unspecified atom stereocenters. The summed E-state index contributed by atoms with van der Waals surface area (Å²) in [5, 5.41) is 11.7. The average molecular weight is 325 g/mol. The minimum Gasteiger partial charge on any atom is -0.481 e. The Balaban J connectivity index is 1.76. The number of carbonyl (C=O) groups is 2. The van der Waals surface area contributed by atoms with Crippen LogP contribution in [0.1, 0.15) is 31.2 Å². The lowest BCUT2D eigenvalue weighted by molar-refractivity contribution is -0.146. The molecule has 0 spiro atoms. The number of aliphatic carboxylic acids is 1. The van der Waals surface area contributed by atoms with Crippen LogP contribution in [0.3, 0.4) is 0 Å². The van der Waals surface area contributed by atoms with E-state index in [0.29, 0.717) is 6.42 Å². The van der Waals surface area contributed by atoms with Crippen LogP contribution in [0, 0.1) is 5.92 Å². The molecule has 2 aromatic carbocycles. The SMILES string of the molecule is O=C(O)C(CC(=O)N1CCCCC1)Cc1cccc2ccccc12. The number of amides is 1. The van der Waals surface area contributed by atoms with Gasteiger partial charge in [0.05, 0.1) is 5.92 Å². The maximum atomic E-state index is 12.4. The standard InChI is InChI=1S/C20H23NO3/c22-19(21-11-4-1-5-12-21)14-17(20(23)24)13-16-9-6-8-15-7-2-3-10-18(15)16/h2-3,6-10,17H,1,4-5,11-14H2,(H,23,24). The molecule has 1 aliphatic heterocycles. The Bertz CT molecular complexity index is 729. The summed E-state index contributed by atoms with van der Waals surface area (Å²) in [6.45, 7) is 1.53. The molecule has 24 heavy (non-hydrogen) atoms. The third-order valence-electron chi connectivity index (χ3n) is 4.83. The highest BCUT2D eigenvalue weighted by atomic mass is 16.4. The third-order valence-corrected chi connectivity index (χ3v) is 4.83. The van der Waals surface area contributed by atoms with Crippen molar-refractivity contribution in [2.45, 2.75) is 32.1 Å². The largest absolute Gasteiger partial charge is 0.481 e. The Hall–Kier alpha value is -2.36. The summed E-state index contributed by atoms with van der Waals surface area (Å²) in [6, 6.07) is 13.9. The van der Waals surface area contributed by atoms with Crippen molar-refractivity contribution in [3.05, 3.63) is 48.0 Å². The second-order valence-corrected chi connectivity index (χ2v) is 6.52. The first-order chi connectivity index (χ1) is 11.6. The number of piperidine rings is 1. The summed E-state index contributed by atoms with van der Waals surface area (Å²) >= 11 is 0. The van der Waals surface area contributed by atoms with Crippen LogP contribution in [0.5, 0.6) is 0 Å². The lowest BCUT2D eigenvalue weighted by Crippen LogP contribution is -2.37. The zero-order valence-electron chi connectivity index (χ0n) is 13.8. The third kappa shape index (κ3) is 3.75. The Kier molecular flexibility index (Phi) is 5.14. The van der Waals surface area contributed by atoms with Gasteiger partial charge in [-0.3, -0.25) is 9.59 Å². The van der Waals surface area contributed by atoms with Gasteiger partial charge in [0, 0.05) is 19.5 Å². The van der Waals surface area contributed by atoms with E-state index in [0.717, 1.165) is 48.7 Å². The van der Waals surface area contributed by atoms with Gasteiger partial charge in [-0.15, -0.1) is 0 Å². The topological polar surface area (TPSA) is 57.6 Å². The molecule has 4 nitrogen and oxygen atoms in total. The summed E-state index contributed by atoms with van der Waals surface area (Å²) in [4.78, 5) is 25.9. The van der Waals surface area contributed by atoms with E-state index in [-0.39, 0.29) is 12.3 Å². The van der Waals surface area contributed by atoms with Crippen LogP contribution in [-0.4, -0.2) is 35.0 Å². The van der Waals surface area contributed by atoms with Crippen molar-refractivity contribution in [2.24, 2.45) is 5.92 Å². The van der Waals surface area contributed by atoms with Crippen molar-refractivity contribution in [1.29, 1.82) is 0 Å². The Morgan fingerprint density at radius 1 is 1.00 bits per heavy atom. The minimum absolute atomic E-state index is 0.0256. The average Bonchev–Trinajstić information content (AvgIpc) is 2.62. The van der Waals surface area contributed by atoms with Gasteiger partial charge in [-0.1, -0.05) is 42.5 Å². The summed E-state index contributed by atoms with van der Waals surface area (Å²) in [5.74, 6) is -1.60. The Labute approximate surface area is 142 Å². The van der Waals surface area contributed by atoms with Gasteiger partial charge in [0.15, 0.2) is 0 Å². The molecule has 0 radical (unpaired) electrons. The maximum absolute atomic E-state index is 12.4. The number of hydrogen-bond donors (Lipinski definition) is 1. The molecule has 1 aliphatic rings. The van der Waals surface area contributed by atoms with Gasteiger partial charge in [0.2, 0.25) is 5.91 Å². The fraction of sp³-hybridized carbons (Fsp3) is 0.400. The highest BCUT2D eigenvalue weighted by Gasteiger charge is 2.26. The summed E-state index contributed by atoms with van der Waals surface area (Å²) in [5.41, 5.74) is 0.993. The van der Waals surface area contributed by atoms with Crippen LogP contribution < -0.4 is 0 Å². The van der Waals surface area contributed by atoms with Crippen molar-refractivity contribution in [3.63, 3.8) is 0 Å². The van der Waals surface area contributed by atoms with E-state index in [4.69, 9.17) is 0 Å². The molecule has 1 N–H and O–H groups in total. The van der Waals surface area contributed by atoms with Crippen LogP contribution in [0.25, 0.3) is 10.8 Å². The molecule has 1 atom stereocenters. The van der Waals surface area contributed by atoms with Gasteiger partial charge in [-0.25, -0.2) is 0 Å². The molecule has 126 valence electrons. The number of carbonyl (C=O) groups excluding carboxylic acids is 1. The van der Waals surface area contributed by atoms with E-state index in [1.54, 1.807) is 0 Å². The summed E-state index contributed by atoms with van der Waals surface area (Å²) in [6.07, 6.45) is 3.66. The maximum Gasteiger partial charge on any atom is 0.307 e. The van der Waals surface area contributed by atoms with Gasteiger partial charge in [0.25, 0.3) is 0 Å². The van der Waals surface area contributed by atoms with Gasteiger partial charge in [-0.2, -0.15) is 0 Å². The van der Waals surface area contributed by atoms with Gasteiger partial charge < -0.3 is 10.0 Å². The van der Waals surface area contributed by atoms with E-state index >= 15 is 0 Å². The fourth-order valence-corrected chi connectivity index (χ4v) is 3.47. The van der Waals surface area contributed by atoms with Crippen LogP contribution in [0.4, 0.5) is 0 Å². The predicted molar refractivity (Wildman–Crippen MR) is 93.8 cm³/mol. The van der Waals surface area contributed by atoms with E-state index < -0.39 is 11.9 Å². The first-order valence-corrected chi connectivity index (χ1v) is 8.62. The first kappa shape index (κ1) is 16.5. The molecule has 1 heterocycles. The van der Waals surface area contributed by atoms with Crippen LogP contribution in [0.2, 0.25) is 0 Å². The predicted octanol–water partition coefficient (Wildman–Crippen LogP) is 3.49. The van der Waals surface area contributed by atoms with E-state index in [1.807, 2.05) is 47.4 Å². The number of carboxylic acids is 1. The van der Waals surface area contributed by atoms with Crippen LogP contribution in [0.15, 0.2) is 42.5 Å². The summed E-state index contributed by atoms with van der Waals surface area (Å²) < 4.78 is 0. The van der Waals surface area contributed by atoms with Gasteiger partial charge in [-0.05, 0) is 42.0 Å². The minimum atomic E-state index is -0.895.